The van der Waals surface area contributed by atoms with Crippen LogP contribution >= 0.6 is 34.8 Å². The van der Waals surface area contributed by atoms with E-state index in [1.165, 1.54) is 0 Å². The maximum Gasteiger partial charge on any atom is 0.379 e. The zero-order valence-electron chi connectivity index (χ0n) is 8.23. The standard InChI is InChI=1S/C9H5Cl3F2O3/c1-17-7-4(11)2-3(10)6(12)5(7)9(13,14)8(15)16/h2H,1H3,(H,15,16). The molecular formula is C9H5Cl3F2O3. The molecule has 0 fully saturated rings. The van der Waals surface area contributed by atoms with Crippen molar-refractivity contribution in [2.75, 3.05) is 7.11 Å². The van der Waals surface area contributed by atoms with Crippen molar-refractivity contribution in [3.8, 4) is 5.75 Å². The number of ether oxygens (including phenoxy) is 1. The number of rotatable bonds is 3. The second kappa shape index (κ2) is 4.84. The van der Waals surface area contributed by atoms with Gasteiger partial charge in [-0.3, -0.25) is 0 Å². The van der Waals surface area contributed by atoms with Gasteiger partial charge in [-0.05, 0) is 6.07 Å². The van der Waals surface area contributed by atoms with Crippen molar-refractivity contribution in [3.63, 3.8) is 0 Å². The van der Waals surface area contributed by atoms with Crippen LogP contribution in [0.5, 0.6) is 5.75 Å². The molecular weight excluding hydrogens is 300 g/mol. The van der Waals surface area contributed by atoms with Crippen molar-refractivity contribution in [2.45, 2.75) is 5.92 Å². The number of halogens is 5. The summed E-state index contributed by atoms with van der Waals surface area (Å²) in [4.78, 5) is 10.5. The third-order valence-corrected chi connectivity index (χ3v) is 2.98. The van der Waals surface area contributed by atoms with Crippen LogP contribution in [0.15, 0.2) is 6.07 Å². The van der Waals surface area contributed by atoms with Crippen molar-refractivity contribution in [1.29, 1.82) is 0 Å². The Bertz CT molecular complexity index is 477. The number of hydrogen-bond acceptors (Lipinski definition) is 2. The molecule has 1 aromatic carbocycles. The summed E-state index contributed by atoms with van der Waals surface area (Å²) in [5, 5.41) is 7.32. The predicted molar refractivity (Wildman–Crippen MR) is 59.6 cm³/mol. The van der Waals surface area contributed by atoms with Gasteiger partial charge in [0.15, 0.2) is 0 Å². The van der Waals surface area contributed by atoms with Crippen molar-refractivity contribution in [1.82, 2.24) is 0 Å². The largest absolute Gasteiger partial charge is 0.495 e. The van der Waals surface area contributed by atoms with Gasteiger partial charge in [0.2, 0.25) is 0 Å². The lowest BCUT2D eigenvalue weighted by atomic mass is 10.1. The summed E-state index contributed by atoms with van der Waals surface area (Å²) in [7, 11) is 1.06. The fourth-order valence-electron chi connectivity index (χ4n) is 1.17. The van der Waals surface area contributed by atoms with Crippen LogP contribution in [0.2, 0.25) is 15.1 Å². The quantitative estimate of drug-likeness (QED) is 0.863. The molecule has 0 saturated carbocycles. The predicted octanol–water partition coefficient (Wildman–Crippen LogP) is 3.83. The van der Waals surface area contributed by atoms with Crippen molar-refractivity contribution < 1.29 is 23.4 Å². The first-order chi connectivity index (χ1) is 7.73. The molecule has 0 aliphatic heterocycles. The van der Waals surface area contributed by atoms with Gasteiger partial charge >= 0.3 is 11.9 Å². The van der Waals surface area contributed by atoms with Gasteiger partial charge in [-0.2, -0.15) is 8.78 Å². The number of alkyl halides is 2. The van der Waals surface area contributed by atoms with Gasteiger partial charge in [-0.1, -0.05) is 34.8 Å². The molecule has 1 aromatic rings. The van der Waals surface area contributed by atoms with Crippen LogP contribution in [-0.2, 0) is 10.7 Å². The number of carboxylic acid groups (broad SMARTS) is 1. The smallest absolute Gasteiger partial charge is 0.379 e. The highest BCUT2D eigenvalue weighted by molar-refractivity contribution is 6.44. The molecule has 8 heteroatoms. The Kier molecular flexibility index (Phi) is 4.06. The number of benzene rings is 1. The lowest BCUT2D eigenvalue weighted by Gasteiger charge is -2.18. The fraction of sp³-hybridized carbons (Fsp3) is 0.222. The Morgan fingerprint density at radius 3 is 2.29 bits per heavy atom. The molecule has 0 radical (unpaired) electrons. The summed E-state index contributed by atoms with van der Waals surface area (Å²) >= 11 is 16.7. The van der Waals surface area contributed by atoms with Gasteiger partial charge in [0, 0.05) is 0 Å². The Hall–Kier alpha value is -0.780. The van der Waals surface area contributed by atoms with E-state index in [1.54, 1.807) is 0 Å². The Balaban J connectivity index is 3.66. The number of methoxy groups -OCH3 is 1. The molecule has 17 heavy (non-hydrogen) atoms. The lowest BCUT2D eigenvalue weighted by molar-refractivity contribution is -0.166. The summed E-state index contributed by atoms with van der Waals surface area (Å²) in [5.74, 6) is -7.15. The third kappa shape index (κ3) is 2.41. The molecule has 0 spiro atoms. The van der Waals surface area contributed by atoms with E-state index in [9.17, 15) is 13.6 Å². The molecule has 0 saturated heterocycles. The monoisotopic (exact) mass is 304 g/mol. The molecule has 0 amide bonds. The molecule has 1 N–H and O–H groups in total. The molecule has 0 aromatic heterocycles. The third-order valence-electron chi connectivity index (χ3n) is 1.91. The van der Waals surface area contributed by atoms with Gasteiger partial charge in [0.25, 0.3) is 0 Å². The van der Waals surface area contributed by atoms with Crippen LogP contribution in [0.1, 0.15) is 5.56 Å². The van der Waals surface area contributed by atoms with Gasteiger partial charge in [-0.15, -0.1) is 0 Å². The first kappa shape index (κ1) is 14.3. The SMILES string of the molecule is COc1c(Cl)cc(Cl)c(Cl)c1C(F)(F)C(=O)O. The van der Waals surface area contributed by atoms with Crippen LogP contribution in [-0.4, -0.2) is 18.2 Å². The van der Waals surface area contributed by atoms with E-state index in [0.29, 0.717) is 0 Å². The second-order valence-electron chi connectivity index (χ2n) is 2.94. The van der Waals surface area contributed by atoms with Crippen molar-refractivity contribution in [2.24, 2.45) is 0 Å². The van der Waals surface area contributed by atoms with E-state index in [1.807, 2.05) is 0 Å². The normalized spacial score (nSPS) is 11.4. The van der Waals surface area contributed by atoms with E-state index in [0.717, 1.165) is 13.2 Å². The van der Waals surface area contributed by atoms with Crippen LogP contribution in [0.3, 0.4) is 0 Å². The minimum atomic E-state index is -4.25. The highest BCUT2D eigenvalue weighted by Crippen LogP contribution is 2.46. The zero-order chi connectivity index (χ0) is 13.4. The molecule has 0 aliphatic rings. The van der Waals surface area contributed by atoms with Gasteiger partial charge in [0.05, 0.1) is 27.7 Å². The lowest BCUT2D eigenvalue weighted by Crippen LogP contribution is -2.26. The number of carbonyl (C=O) groups is 1. The summed E-state index contributed by atoms with van der Waals surface area (Å²) in [6.07, 6.45) is 0. The van der Waals surface area contributed by atoms with E-state index < -0.39 is 28.2 Å². The molecule has 0 bridgehead atoms. The molecule has 0 aliphatic carbocycles. The average Bonchev–Trinajstić information content (AvgIpc) is 2.22. The molecule has 1 rings (SSSR count). The molecule has 3 nitrogen and oxygen atoms in total. The average molecular weight is 305 g/mol. The topological polar surface area (TPSA) is 46.5 Å². The van der Waals surface area contributed by atoms with Crippen molar-refractivity contribution >= 4 is 40.8 Å². The summed E-state index contributed by atoms with van der Waals surface area (Å²) in [6.45, 7) is 0. The first-order valence-corrected chi connectivity index (χ1v) is 5.20. The minimum Gasteiger partial charge on any atom is -0.495 e. The number of hydrogen-bond donors (Lipinski definition) is 1. The fourth-order valence-corrected chi connectivity index (χ4v) is 1.96. The Morgan fingerprint density at radius 2 is 1.88 bits per heavy atom. The van der Waals surface area contributed by atoms with Gasteiger partial charge < -0.3 is 9.84 Å². The highest BCUT2D eigenvalue weighted by atomic mass is 35.5. The molecule has 94 valence electrons. The van der Waals surface area contributed by atoms with Crippen LogP contribution in [0.4, 0.5) is 8.78 Å². The highest BCUT2D eigenvalue weighted by Gasteiger charge is 2.46. The summed E-state index contributed by atoms with van der Waals surface area (Å²) in [6, 6.07) is 1.09. The summed E-state index contributed by atoms with van der Waals surface area (Å²) < 4.78 is 31.6. The Morgan fingerprint density at radius 1 is 1.35 bits per heavy atom. The molecule has 0 unspecified atom stereocenters. The van der Waals surface area contributed by atoms with E-state index in [2.05, 4.69) is 4.74 Å². The van der Waals surface area contributed by atoms with Gasteiger partial charge in [0.1, 0.15) is 5.75 Å². The number of aliphatic carboxylic acids is 1. The number of carboxylic acids is 1. The van der Waals surface area contributed by atoms with Crippen molar-refractivity contribution in [3.05, 3.63) is 26.7 Å². The maximum atomic E-state index is 13.5. The Labute approximate surface area is 110 Å². The first-order valence-electron chi connectivity index (χ1n) is 4.06. The van der Waals surface area contributed by atoms with Crippen LogP contribution in [0, 0.1) is 0 Å². The summed E-state index contributed by atoms with van der Waals surface area (Å²) in [5.41, 5.74) is -1.06. The van der Waals surface area contributed by atoms with E-state index in [4.69, 9.17) is 39.9 Å². The van der Waals surface area contributed by atoms with Crippen LogP contribution < -0.4 is 4.74 Å². The van der Waals surface area contributed by atoms with Gasteiger partial charge in [-0.25, -0.2) is 4.79 Å². The maximum absolute atomic E-state index is 13.5. The second-order valence-corrected chi connectivity index (χ2v) is 4.13. The zero-order valence-corrected chi connectivity index (χ0v) is 10.5. The minimum absolute atomic E-state index is 0.252. The molecule has 0 atom stereocenters. The van der Waals surface area contributed by atoms with E-state index in [-0.39, 0.29) is 10.0 Å². The van der Waals surface area contributed by atoms with Crippen LogP contribution in [0.25, 0.3) is 0 Å². The van der Waals surface area contributed by atoms with E-state index >= 15 is 0 Å². The molecule has 0 heterocycles.